The van der Waals surface area contributed by atoms with Gasteiger partial charge in [-0.15, -0.1) is 0 Å². The molecule has 0 aromatic heterocycles. The van der Waals surface area contributed by atoms with Crippen molar-refractivity contribution in [3.05, 3.63) is 68.7 Å². The Labute approximate surface area is 156 Å². The topological polar surface area (TPSA) is 18.5 Å². The van der Waals surface area contributed by atoms with Gasteiger partial charge in [0.15, 0.2) is 0 Å². The quantitative estimate of drug-likeness (QED) is 0.807. The highest BCUT2D eigenvalue weighted by Gasteiger charge is 2.19. The van der Waals surface area contributed by atoms with E-state index in [0.717, 1.165) is 27.5 Å². The van der Waals surface area contributed by atoms with E-state index in [9.17, 15) is 0 Å². The van der Waals surface area contributed by atoms with Gasteiger partial charge < -0.3 is 9.47 Å². The van der Waals surface area contributed by atoms with E-state index in [1.54, 1.807) is 14.2 Å². The van der Waals surface area contributed by atoms with Crippen LogP contribution < -0.4 is 19.9 Å². The molecular formula is C24H28O2. The Kier molecular flexibility index (Phi) is 4.95. The first-order valence-corrected chi connectivity index (χ1v) is 9.14. The summed E-state index contributed by atoms with van der Waals surface area (Å²) in [6.45, 7) is 10.9. The monoisotopic (exact) mass is 348 g/mol. The molecule has 0 atom stereocenters. The van der Waals surface area contributed by atoms with Gasteiger partial charge in [-0.1, -0.05) is 44.2 Å². The molecule has 3 rings (SSSR count). The van der Waals surface area contributed by atoms with Gasteiger partial charge in [-0.3, -0.25) is 0 Å². The maximum absolute atomic E-state index is 5.78. The lowest BCUT2D eigenvalue weighted by molar-refractivity contribution is 0.386. The summed E-state index contributed by atoms with van der Waals surface area (Å²) in [7, 11) is 3.45. The molecule has 0 aliphatic heterocycles. The van der Waals surface area contributed by atoms with Crippen LogP contribution in [0.3, 0.4) is 0 Å². The zero-order valence-electron chi connectivity index (χ0n) is 16.9. The molecule has 26 heavy (non-hydrogen) atoms. The zero-order valence-corrected chi connectivity index (χ0v) is 16.9. The minimum atomic E-state index is 0.479. The van der Waals surface area contributed by atoms with Gasteiger partial charge in [-0.05, 0) is 65.8 Å². The molecule has 2 nitrogen and oxygen atoms in total. The molecule has 0 saturated heterocycles. The number of hydrogen-bond acceptors (Lipinski definition) is 2. The molecular weight excluding hydrogens is 320 g/mol. The van der Waals surface area contributed by atoms with Crippen molar-refractivity contribution < 1.29 is 9.47 Å². The highest BCUT2D eigenvalue weighted by molar-refractivity contribution is 5.86. The lowest BCUT2D eigenvalue weighted by atomic mass is 9.90. The van der Waals surface area contributed by atoms with Gasteiger partial charge in [0.2, 0.25) is 0 Å². The van der Waals surface area contributed by atoms with Gasteiger partial charge in [0, 0.05) is 10.8 Å². The van der Waals surface area contributed by atoms with E-state index in [2.05, 4.69) is 64.1 Å². The Hall–Kier alpha value is -2.48. The van der Waals surface area contributed by atoms with Crippen molar-refractivity contribution in [3.63, 3.8) is 0 Å². The molecule has 0 saturated carbocycles. The van der Waals surface area contributed by atoms with E-state index in [4.69, 9.17) is 9.47 Å². The van der Waals surface area contributed by atoms with Crippen LogP contribution >= 0.6 is 0 Å². The van der Waals surface area contributed by atoms with E-state index in [1.807, 2.05) is 6.92 Å². The fraction of sp³-hybridized carbons (Fsp3) is 0.333. The van der Waals surface area contributed by atoms with Crippen LogP contribution in [-0.2, 0) is 0 Å². The van der Waals surface area contributed by atoms with Crippen LogP contribution in [0.5, 0.6) is 11.5 Å². The fourth-order valence-corrected chi connectivity index (χ4v) is 3.73. The molecule has 2 aliphatic rings. The molecule has 2 heteroatoms. The van der Waals surface area contributed by atoms with Gasteiger partial charge in [0.05, 0.1) is 14.2 Å². The average Bonchev–Trinajstić information content (AvgIpc) is 2.86. The van der Waals surface area contributed by atoms with E-state index >= 15 is 0 Å². The summed E-state index contributed by atoms with van der Waals surface area (Å²) in [6, 6.07) is 2.15. The molecule has 0 unspecified atom stereocenters. The van der Waals surface area contributed by atoms with E-state index in [0.29, 0.717) is 5.92 Å². The van der Waals surface area contributed by atoms with Gasteiger partial charge in [-0.2, -0.15) is 0 Å². The molecule has 2 aliphatic carbocycles. The summed E-state index contributed by atoms with van der Waals surface area (Å²) in [5.74, 6) is 2.22. The van der Waals surface area contributed by atoms with Crippen LogP contribution in [0.1, 0.15) is 33.3 Å². The van der Waals surface area contributed by atoms with Crippen LogP contribution in [0.25, 0.3) is 11.6 Å². The predicted molar refractivity (Wildman–Crippen MR) is 110 cm³/mol. The maximum Gasteiger partial charge on any atom is 0.133 e. The second-order valence-electron chi connectivity index (χ2n) is 7.32. The largest absolute Gasteiger partial charge is 0.496 e. The minimum absolute atomic E-state index is 0.479. The van der Waals surface area contributed by atoms with Crippen molar-refractivity contribution in [2.24, 2.45) is 5.92 Å². The Morgan fingerprint density at radius 3 is 2.15 bits per heavy atom. The molecule has 1 aromatic rings. The fourth-order valence-electron chi connectivity index (χ4n) is 3.73. The average molecular weight is 348 g/mol. The molecule has 0 amide bonds. The second kappa shape index (κ2) is 7.03. The smallest absolute Gasteiger partial charge is 0.133 e. The Balaban J connectivity index is 2.52. The summed E-state index contributed by atoms with van der Waals surface area (Å²) >= 11 is 0. The van der Waals surface area contributed by atoms with Crippen LogP contribution in [0.2, 0.25) is 0 Å². The minimum Gasteiger partial charge on any atom is -0.496 e. The standard InChI is InChI=1S/C24H28O2/c1-14(2)18-10-8-16(4)23-20(12-18)15(3)9-11-19-21(23)13-22(25-6)17(5)24(19)26-7/h8-14H,1-7H3. The van der Waals surface area contributed by atoms with Crippen LogP contribution in [0.4, 0.5) is 0 Å². The lowest BCUT2D eigenvalue weighted by Gasteiger charge is -2.16. The Morgan fingerprint density at radius 1 is 0.846 bits per heavy atom. The molecule has 1 aromatic carbocycles. The van der Waals surface area contributed by atoms with Crippen molar-refractivity contribution in [2.75, 3.05) is 14.2 Å². The first kappa shape index (κ1) is 18.3. The van der Waals surface area contributed by atoms with E-state index in [-0.39, 0.29) is 0 Å². The molecule has 0 spiro atoms. The van der Waals surface area contributed by atoms with Gasteiger partial charge in [0.1, 0.15) is 11.5 Å². The number of fused-ring (bicyclic) bond motifs is 2. The number of ether oxygens (including phenoxy) is 2. The predicted octanol–water partition coefficient (Wildman–Crippen LogP) is 4.37. The van der Waals surface area contributed by atoms with Crippen molar-refractivity contribution in [1.82, 2.24) is 0 Å². The number of methoxy groups -OCH3 is 2. The Bertz CT molecular complexity index is 996. The number of allylic oxidation sites excluding steroid dienone is 8. The summed E-state index contributed by atoms with van der Waals surface area (Å²) < 4.78 is 11.4. The summed E-state index contributed by atoms with van der Waals surface area (Å²) in [6.07, 6.45) is 11.2. The second-order valence-corrected chi connectivity index (χ2v) is 7.32. The van der Waals surface area contributed by atoms with Crippen LogP contribution in [0, 0.1) is 12.8 Å². The van der Waals surface area contributed by atoms with Gasteiger partial charge in [-0.25, -0.2) is 0 Å². The number of rotatable bonds is 3. The van der Waals surface area contributed by atoms with Crippen LogP contribution in [0.15, 0.2) is 52.7 Å². The van der Waals surface area contributed by atoms with Crippen molar-refractivity contribution in [1.29, 1.82) is 0 Å². The highest BCUT2D eigenvalue weighted by atomic mass is 16.5. The van der Waals surface area contributed by atoms with E-state index < -0.39 is 0 Å². The lowest BCUT2D eigenvalue weighted by Crippen LogP contribution is -2.30. The maximum atomic E-state index is 5.78. The third kappa shape index (κ3) is 2.94. The van der Waals surface area contributed by atoms with Crippen LogP contribution in [-0.4, -0.2) is 14.2 Å². The third-order valence-electron chi connectivity index (χ3n) is 5.31. The van der Waals surface area contributed by atoms with Crippen molar-refractivity contribution in [2.45, 2.75) is 34.6 Å². The summed E-state index contributed by atoms with van der Waals surface area (Å²) in [5.41, 5.74) is 7.42. The molecule has 0 N–H and O–H groups in total. The summed E-state index contributed by atoms with van der Waals surface area (Å²) in [4.78, 5) is 0. The third-order valence-corrected chi connectivity index (χ3v) is 5.31. The molecule has 0 radical (unpaired) electrons. The zero-order chi connectivity index (χ0) is 19.0. The van der Waals surface area contributed by atoms with E-state index in [1.165, 1.54) is 27.9 Å². The Morgan fingerprint density at radius 2 is 1.54 bits per heavy atom. The normalized spacial score (nSPS) is 16.2. The van der Waals surface area contributed by atoms with Crippen molar-refractivity contribution >= 4 is 11.6 Å². The van der Waals surface area contributed by atoms with Gasteiger partial charge in [0.25, 0.3) is 0 Å². The molecule has 136 valence electrons. The number of benzene rings is 1. The summed E-state index contributed by atoms with van der Waals surface area (Å²) in [5, 5.41) is 2.28. The van der Waals surface area contributed by atoms with Gasteiger partial charge >= 0.3 is 0 Å². The SMILES string of the molecule is COc1cc2c(c(OC)c1C)=CC=C(C)C1=CC(C(C)C)=CC=C(C)C=21. The molecule has 0 heterocycles. The molecule has 0 bridgehead atoms. The highest BCUT2D eigenvalue weighted by Crippen LogP contribution is 2.33. The number of hydrogen-bond donors (Lipinski definition) is 0. The van der Waals surface area contributed by atoms with Crippen molar-refractivity contribution in [3.8, 4) is 11.5 Å². The first-order valence-electron chi connectivity index (χ1n) is 9.14. The first-order chi connectivity index (χ1) is 12.4. The molecule has 0 fully saturated rings.